The average Bonchev–Trinajstić information content (AvgIpc) is 2.41. The topological polar surface area (TPSA) is 83.9 Å². The summed E-state index contributed by atoms with van der Waals surface area (Å²) in [7, 11) is -4.33. The molecule has 0 saturated carbocycles. The lowest BCUT2D eigenvalue weighted by Crippen LogP contribution is -2.44. The largest absolute Gasteiger partial charge is 0.478 e. The van der Waals surface area contributed by atoms with E-state index in [1.165, 1.54) is 0 Å². The van der Waals surface area contributed by atoms with E-state index in [9.17, 15) is 22.0 Å². The van der Waals surface area contributed by atoms with Gasteiger partial charge in [0.15, 0.2) is 11.6 Å². The Labute approximate surface area is 120 Å². The SMILES string of the molecule is CC1CN(S(=O)(=O)c2cc(C(=O)O)cc(F)c2F)CCO1. The quantitative estimate of drug-likeness (QED) is 0.900. The number of carboxylic acid groups (broad SMARTS) is 1. The number of nitrogens with zero attached hydrogens (tertiary/aromatic N) is 1. The fourth-order valence-electron chi connectivity index (χ4n) is 2.02. The van der Waals surface area contributed by atoms with Gasteiger partial charge in [-0.1, -0.05) is 0 Å². The third kappa shape index (κ3) is 3.04. The molecule has 1 aromatic rings. The Bertz CT molecular complexity index is 676. The molecule has 21 heavy (non-hydrogen) atoms. The molecule has 1 heterocycles. The van der Waals surface area contributed by atoms with Gasteiger partial charge in [0, 0.05) is 13.1 Å². The van der Waals surface area contributed by atoms with Crippen molar-refractivity contribution >= 4 is 16.0 Å². The second kappa shape index (κ2) is 5.66. The van der Waals surface area contributed by atoms with Crippen LogP contribution in [0.1, 0.15) is 17.3 Å². The van der Waals surface area contributed by atoms with E-state index >= 15 is 0 Å². The van der Waals surface area contributed by atoms with E-state index in [0.29, 0.717) is 12.1 Å². The van der Waals surface area contributed by atoms with Crippen LogP contribution in [0.3, 0.4) is 0 Å². The molecule has 1 aliphatic heterocycles. The number of morpholine rings is 1. The molecule has 1 saturated heterocycles. The number of benzene rings is 1. The van der Waals surface area contributed by atoms with Crippen molar-refractivity contribution in [2.75, 3.05) is 19.7 Å². The third-order valence-corrected chi connectivity index (χ3v) is 4.93. The molecule has 9 heteroatoms. The minimum Gasteiger partial charge on any atom is -0.478 e. The van der Waals surface area contributed by atoms with Crippen LogP contribution in [-0.4, -0.2) is 49.6 Å². The highest BCUT2D eigenvalue weighted by molar-refractivity contribution is 7.89. The Morgan fingerprint density at radius 3 is 2.67 bits per heavy atom. The van der Waals surface area contributed by atoms with Crippen molar-refractivity contribution in [3.63, 3.8) is 0 Å². The van der Waals surface area contributed by atoms with Crippen LogP contribution in [0.4, 0.5) is 8.78 Å². The smallest absolute Gasteiger partial charge is 0.335 e. The maximum atomic E-state index is 13.8. The molecule has 0 aliphatic carbocycles. The minimum atomic E-state index is -4.33. The Kier molecular flexibility index (Phi) is 4.26. The van der Waals surface area contributed by atoms with Crippen LogP contribution in [-0.2, 0) is 14.8 Å². The zero-order chi connectivity index (χ0) is 15.8. The molecule has 1 aliphatic rings. The Morgan fingerprint density at radius 2 is 2.10 bits per heavy atom. The normalized spacial score (nSPS) is 20.4. The van der Waals surface area contributed by atoms with Gasteiger partial charge in [-0.25, -0.2) is 22.0 Å². The van der Waals surface area contributed by atoms with Crippen LogP contribution >= 0.6 is 0 Å². The van der Waals surface area contributed by atoms with Crippen LogP contribution in [0, 0.1) is 11.6 Å². The first kappa shape index (κ1) is 15.8. The number of sulfonamides is 1. The molecule has 1 unspecified atom stereocenters. The summed E-state index contributed by atoms with van der Waals surface area (Å²) in [5.41, 5.74) is -0.631. The Hall–Kier alpha value is -1.58. The molecule has 1 fully saturated rings. The van der Waals surface area contributed by atoms with Gasteiger partial charge in [-0.3, -0.25) is 0 Å². The highest BCUT2D eigenvalue weighted by Gasteiger charge is 2.33. The van der Waals surface area contributed by atoms with Crippen LogP contribution in [0.5, 0.6) is 0 Å². The maximum absolute atomic E-state index is 13.8. The predicted octanol–water partition coefficient (Wildman–Crippen LogP) is 1.07. The number of rotatable bonds is 3. The van der Waals surface area contributed by atoms with Crippen molar-refractivity contribution in [1.82, 2.24) is 4.31 Å². The summed E-state index contributed by atoms with van der Waals surface area (Å²) in [6, 6.07) is 1.06. The molecule has 1 atom stereocenters. The van der Waals surface area contributed by atoms with Gasteiger partial charge in [-0.15, -0.1) is 0 Å². The molecular weight excluding hydrogens is 308 g/mol. The van der Waals surface area contributed by atoms with E-state index < -0.39 is 38.1 Å². The second-order valence-electron chi connectivity index (χ2n) is 4.62. The number of carbonyl (C=O) groups is 1. The summed E-state index contributed by atoms with van der Waals surface area (Å²) in [6.45, 7) is 1.75. The number of halogens is 2. The van der Waals surface area contributed by atoms with E-state index in [4.69, 9.17) is 9.84 Å². The summed E-state index contributed by atoms with van der Waals surface area (Å²) in [6.07, 6.45) is -0.385. The third-order valence-electron chi connectivity index (χ3n) is 3.06. The van der Waals surface area contributed by atoms with Gasteiger partial charge in [-0.2, -0.15) is 4.31 Å². The van der Waals surface area contributed by atoms with E-state index in [1.54, 1.807) is 6.92 Å². The first-order chi connectivity index (χ1) is 9.73. The molecular formula is C12H13F2NO5S. The number of hydrogen-bond acceptors (Lipinski definition) is 4. The van der Waals surface area contributed by atoms with Crippen molar-refractivity contribution in [2.24, 2.45) is 0 Å². The van der Waals surface area contributed by atoms with Crippen molar-refractivity contribution in [2.45, 2.75) is 17.9 Å². The lowest BCUT2D eigenvalue weighted by molar-refractivity contribution is 0.0101. The minimum absolute atomic E-state index is 0.00890. The van der Waals surface area contributed by atoms with Crippen LogP contribution in [0.25, 0.3) is 0 Å². The standard InChI is InChI=1S/C12H13F2NO5S/c1-7-6-15(2-3-20-7)21(18,19)10-5-8(12(16)17)4-9(13)11(10)14/h4-5,7H,2-3,6H2,1H3,(H,16,17). The monoisotopic (exact) mass is 321 g/mol. The van der Waals surface area contributed by atoms with Gasteiger partial charge >= 0.3 is 5.97 Å². The average molecular weight is 321 g/mol. The van der Waals surface area contributed by atoms with Crippen molar-refractivity contribution < 1.29 is 31.8 Å². The molecule has 6 nitrogen and oxygen atoms in total. The zero-order valence-electron chi connectivity index (χ0n) is 11.0. The number of ether oxygens (including phenoxy) is 1. The second-order valence-corrected chi connectivity index (χ2v) is 6.53. The van der Waals surface area contributed by atoms with Crippen molar-refractivity contribution in [3.8, 4) is 0 Å². The maximum Gasteiger partial charge on any atom is 0.335 e. The van der Waals surface area contributed by atoms with Gasteiger partial charge in [-0.05, 0) is 19.1 Å². The molecule has 0 bridgehead atoms. The summed E-state index contributed by atoms with van der Waals surface area (Å²) in [4.78, 5) is 9.88. The van der Waals surface area contributed by atoms with Gasteiger partial charge in [0.05, 0.1) is 18.3 Å². The molecule has 116 valence electrons. The highest BCUT2D eigenvalue weighted by atomic mass is 32.2. The fourth-order valence-corrected chi connectivity index (χ4v) is 3.62. The van der Waals surface area contributed by atoms with E-state index in [1.807, 2.05) is 0 Å². The number of aromatic carboxylic acids is 1. The van der Waals surface area contributed by atoms with Gasteiger partial charge in [0.1, 0.15) is 4.90 Å². The summed E-state index contributed by atoms with van der Waals surface area (Å²) >= 11 is 0. The van der Waals surface area contributed by atoms with Gasteiger partial charge in [0.2, 0.25) is 10.0 Å². The summed E-state index contributed by atoms with van der Waals surface area (Å²) in [5, 5.41) is 8.83. The van der Waals surface area contributed by atoms with E-state index in [0.717, 1.165) is 4.31 Å². The summed E-state index contributed by atoms with van der Waals surface area (Å²) < 4.78 is 58.1. The molecule has 0 amide bonds. The number of carboxylic acids is 1. The van der Waals surface area contributed by atoms with E-state index in [-0.39, 0.29) is 25.8 Å². The fraction of sp³-hybridized carbons (Fsp3) is 0.417. The molecule has 2 rings (SSSR count). The van der Waals surface area contributed by atoms with E-state index in [2.05, 4.69) is 0 Å². The van der Waals surface area contributed by atoms with Crippen molar-refractivity contribution in [1.29, 1.82) is 0 Å². The van der Waals surface area contributed by atoms with Crippen LogP contribution in [0.2, 0.25) is 0 Å². The molecule has 1 aromatic carbocycles. The molecule has 1 N–H and O–H groups in total. The van der Waals surface area contributed by atoms with Crippen molar-refractivity contribution in [3.05, 3.63) is 29.3 Å². The van der Waals surface area contributed by atoms with Crippen LogP contribution < -0.4 is 0 Å². The number of hydrogen-bond donors (Lipinski definition) is 1. The first-order valence-corrected chi connectivity index (χ1v) is 7.51. The Balaban J connectivity index is 2.51. The first-order valence-electron chi connectivity index (χ1n) is 6.07. The summed E-state index contributed by atoms with van der Waals surface area (Å²) in [5.74, 6) is -4.64. The lowest BCUT2D eigenvalue weighted by Gasteiger charge is -2.30. The molecule has 0 spiro atoms. The van der Waals surface area contributed by atoms with Crippen LogP contribution in [0.15, 0.2) is 17.0 Å². The Morgan fingerprint density at radius 1 is 1.43 bits per heavy atom. The predicted molar refractivity (Wildman–Crippen MR) is 67.5 cm³/mol. The molecule has 0 radical (unpaired) electrons. The highest BCUT2D eigenvalue weighted by Crippen LogP contribution is 2.24. The lowest BCUT2D eigenvalue weighted by atomic mass is 10.2. The van der Waals surface area contributed by atoms with Gasteiger partial charge < -0.3 is 9.84 Å². The van der Waals surface area contributed by atoms with Gasteiger partial charge in [0.25, 0.3) is 0 Å². The zero-order valence-corrected chi connectivity index (χ0v) is 11.9. The molecule has 0 aromatic heterocycles.